The van der Waals surface area contributed by atoms with Gasteiger partial charge in [0.2, 0.25) is 0 Å². The van der Waals surface area contributed by atoms with Crippen molar-refractivity contribution in [3.8, 4) is 0 Å². The molecule has 0 aliphatic carbocycles. The van der Waals surface area contributed by atoms with Crippen LogP contribution in [0.5, 0.6) is 0 Å². The molecule has 1 aliphatic rings. The van der Waals surface area contributed by atoms with Crippen molar-refractivity contribution in [2.75, 3.05) is 16.8 Å². The van der Waals surface area contributed by atoms with Crippen LogP contribution in [0.1, 0.15) is 19.8 Å². The van der Waals surface area contributed by atoms with Gasteiger partial charge in [0.15, 0.2) is 9.84 Å². The number of aryl methyl sites for hydroxylation is 1. The lowest BCUT2D eigenvalue weighted by Gasteiger charge is -2.23. The fourth-order valence-electron chi connectivity index (χ4n) is 1.98. The first kappa shape index (κ1) is 11.4. The number of hydrogen-bond donors (Lipinski definition) is 1. The summed E-state index contributed by atoms with van der Waals surface area (Å²) in [6.45, 7) is 2.84. The van der Waals surface area contributed by atoms with Crippen molar-refractivity contribution in [1.82, 2.24) is 9.78 Å². The zero-order valence-corrected chi connectivity index (χ0v) is 10.2. The first-order valence-corrected chi connectivity index (χ1v) is 7.40. The SMILES string of the molecule is CCn1cc(NC2CCCS(=O)(=O)C2)cn1. The monoisotopic (exact) mass is 243 g/mol. The third-order valence-electron chi connectivity index (χ3n) is 2.79. The first-order chi connectivity index (χ1) is 7.59. The molecule has 0 amide bonds. The molecule has 1 saturated heterocycles. The smallest absolute Gasteiger partial charge is 0.152 e. The summed E-state index contributed by atoms with van der Waals surface area (Å²) in [5.74, 6) is 0.573. The second kappa shape index (κ2) is 4.45. The van der Waals surface area contributed by atoms with Crippen molar-refractivity contribution in [3.63, 3.8) is 0 Å². The van der Waals surface area contributed by atoms with Gasteiger partial charge in [-0.1, -0.05) is 0 Å². The summed E-state index contributed by atoms with van der Waals surface area (Å²) >= 11 is 0. The van der Waals surface area contributed by atoms with Gasteiger partial charge >= 0.3 is 0 Å². The molecule has 2 rings (SSSR count). The first-order valence-electron chi connectivity index (χ1n) is 5.58. The summed E-state index contributed by atoms with van der Waals surface area (Å²) in [5.41, 5.74) is 0.906. The van der Waals surface area contributed by atoms with Crippen LogP contribution in [-0.4, -0.2) is 35.7 Å². The van der Waals surface area contributed by atoms with E-state index in [1.54, 1.807) is 6.20 Å². The minimum absolute atomic E-state index is 0.0354. The Labute approximate surface area is 95.8 Å². The number of aromatic nitrogens is 2. The zero-order valence-electron chi connectivity index (χ0n) is 9.39. The molecule has 2 heterocycles. The molecule has 1 atom stereocenters. The zero-order chi connectivity index (χ0) is 11.6. The van der Waals surface area contributed by atoms with E-state index in [0.717, 1.165) is 25.1 Å². The van der Waals surface area contributed by atoms with Gasteiger partial charge in [-0.25, -0.2) is 8.42 Å². The van der Waals surface area contributed by atoms with Crippen molar-refractivity contribution in [3.05, 3.63) is 12.4 Å². The largest absolute Gasteiger partial charge is 0.379 e. The second-order valence-corrected chi connectivity index (χ2v) is 6.41. The van der Waals surface area contributed by atoms with Crippen LogP contribution < -0.4 is 5.32 Å². The topological polar surface area (TPSA) is 64.0 Å². The Morgan fingerprint density at radius 2 is 2.44 bits per heavy atom. The van der Waals surface area contributed by atoms with Crippen LogP contribution in [0.3, 0.4) is 0 Å². The Balaban J connectivity index is 1.99. The molecule has 90 valence electrons. The molecule has 6 heteroatoms. The van der Waals surface area contributed by atoms with E-state index in [1.807, 2.05) is 17.8 Å². The molecule has 1 aromatic rings. The van der Waals surface area contributed by atoms with Crippen LogP contribution in [0.2, 0.25) is 0 Å². The fourth-order valence-corrected chi connectivity index (χ4v) is 3.62. The van der Waals surface area contributed by atoms with Gasteiger partial charge in [-0.3, -0.25) is 4.68 Å². The molecule has 1 unspecified atom stereocenters. The molecule has 1 fully saturated rings. The van der Waals surface area contributed by atoms with Gasteiger partial charge < -0.3 is 5.32 Å². The highest BCUT2D eigenvalue weighted by Gasteiger charge is 2.24. The summed E-state index contributed by atoms with van der Waals surface area (Å²) in [5, 5.41) is 7.37. The van der Waals surface area contributed by atoms with E-state index in [2.05, 4.69) is 10.4 Å². The Hall–Kier alpha value is -1.04. The van der Waals surface area contributed by atoms with E-state index in [0.29, 0.717) is 5.75 Å². The molecule has 0 saturated carbocycles. The number of rotatable bonds is 3. The Morgan fingerprint density at radius 3 is 3.06 bits per heavy atom. The average Bonchev–Trinajstić information content (AvgIpc) is 2.64. The molecule has 1 N–H and O–H groups in total. The number of nitrogens with one attached hydrogen (secondary N) is 1. The predicted molar refractivity (Wildman–Crippen MR) is 63.2 cm³/mol. The van der Waals surface area contributed by atoms with Gasteiger partial charge in [0.1, 0.15) is 0 Å². The highest BCUT2D eigenvalue weighted by molar-refractivity contribution is 7.91. The standard InChI is InChI=1S/C10H17N3O2S/c1-2-13-7-10(6-11-13)12-9-4-3-5-16(14,15)8-9/h6-7,9,12H,2-5,8H2,1H3. The molecule has 5 nitrogen and oxygen atoms in total. The Bertz CT molecular complexity index is 452. The molecule has 1 aliphatic heterocycles. The maximum Gasteiger partial charge on any atom is 0.152 e. The summed E-state index contributed by atoms with van der Waals surface area (Å²) in [6.07, 6.45) is 5.31. The van der Waals surface area contributed by atoms with Gasteiger partial charge in [0, 0.05) is 18.8 Å². The molecular formula is C10H17N3O2S. The normalized spacial score (nSPS) is 24.2. The van der Waals surface area contributed by atoms with Crippen molar-refractivity contribution >= 4 is 15.5 Å². The van der Waals surface area contributed by atoms with Crippen molar-refractivity contribution in [2.45, 2.75) is 32.4 Å². The number of hydrogen-bond acceptors (Lipinski definition) is 4. The van der Waals surface area contributed by atoms with Crippen LogP contribution in [-0.2, 0) is 16.4 Å². The molecule has 16 heavy (non-hydrogen) atoms. The van der Waals surface area contributed by atoms with E-state index in [-0.39, 0.29) is 11.8 Å². The Kier molecular flexibility index (Phi) is 3.18. The van der Waals surface area contributed by atoms with Gasteiger partial charge in [-0.15, -0.1) is 0 Å². The molecule has 0 bridgehead atoms. The highest BCUT2D eigenvalue weighted by Crippen LogP contribution is 2.16. The van der Waals surface area contributed by atoms with Crippen molar-refractivity contribution < 1.29 is 8.42 Å². The molecule has 0 spiro atoms. The number of nitrogens with zero attached hydrogens (tertiary/aromatic N) is 2. The fraction of sp³-hybridized carbons (Fsp3) is 0.700. The van der Waals surface area contributed by atoms with Crippen molar-refractivity contribution in [1.29, 1.82) is 0 Å². The summed E-state index contributed by atoms with van der Waals surface area (Å²) in [6, 6.07) is 0.0354. The van der Waals surface area contributed by atoms with Gasteiger partial charge in [0.05, 0.1) is 23.4 Å². The van der Waals surface area contributed by atoms with Crippen LogP contribution in [0.25, 0.3) is 0 Å². The second-order valence-electron chi connectivity index (χ2n) is 4.18. The maximum absolute atomic E-state index is 11.5. The van der Waals surface area contributed by atoms with E-state index < -0.39 is 9.84 Å². The summed E-state index contributed by atoms with van der Waals surface area (Å²) < 4.78 is 24.7. The lowest BCUT2D eigenvalue weighted by molar-refractivity contribution is 0.562. The number of anilines is 1. The lowest BCUT2D eigenvalue weighted by Crippen LogP contribution is -2.34. The molecule has 1 aromatic heterocycles. The van der Waals surface area contributed by atoms with Gasteiger partial charge in [-0.05, 0) is 19.8 Å². The van der Waals surface area contributed by atoms with E-state index >= 15 is 0 Å². The Morgan fingerprint density at radius 1 is 1.62 bits per heavy atom. The van der Waals surface area contributed by atoms with Crippen LogP contribution in [0.4, 0.5) is 5.69 Å². The molecule has 0 aromatic carbocycles. The lowest BCUT2D eigenvalue weighted by atomic mass is 10.2. The van der Waals surface area contributed by atoms with E-state index in [4.69, 9.17) is 0 Å². The van der Waals surface area contributed by atoms with Crippen molar-refractivity contribution in [2.24, 2.45) is 0 Å². The van der Waals surface area contributed by atoms with E-state index in [1.165, 1.54) is 0 Å². The quantitative estimate of drug-likeness (QED) is 0.856. The number of sulfone groups is 1. The van der Waals surface area contributed by atoms with Gasteiger partial charge in [-0.2, -0.15) is 5.10 Å². The minimum Gasteiger partial charge on any atom is -0.379 e. The van der Waals surface area contributed by atoms with Crippen LogP contribution in [0, 0.1) is 0 Å². The third-order valence-corrected chi connectivity index (χ3v) is 4.61. The third kappa shape index (κ3) is 2.75. The minimum atomic E-state index is -2.84. The molecular weight excluding hydrogens is 226 g/mol. The van der Waals surface area contributed by atoms with Crippen LogP contribution in [0.15, 0.2) is 12.4 Å². The maximum atomic E-state index is 11.5. The predicted octanol–water partition coefficient (Wildman–Crippen LogP) is 0.892. The highest BCUT2D eigenvalue weighted by atomic mass is 32.2. The van der Waals surface area contributed by atoms with Gasteiger partial charge in [0.25, 0.3) is 0 Å². The summed E-state index contributed by atoms with van der Waals surface area (Å²) in [4.78, 5) is 0. The average molecular weight is 243 g/mol. The van der Waals surface area contributed by atoms with Crippen LogP contribution >= 0.6 is 0 Å². The summed E-state index contributed by atoms with van der Waals surface area (Å²) in [7, 11) is -2.84. The molecule has 0 radical (unpaired) electrons. The van der Waals surface area contributed by atoms with E-state index in [9.17, 15) is 8.42 Å².